The van der Waals surface area contributed by atoms with E-state index in [2.05, 4.69) is 46.7 Å². The molecule has 0 unspecified atom stereocenters. The number of aliphatic hydroxyl groups is 3. The second-order valence-corrected chi connectivity index (χ2v) is 20.2. The first-order valence-electron chi connectivity index (χ1n) is 25.0. The van der Waals surface area contributed by atoms with Crippen molar-refractivity contribution >= 4 is 23.6 Å². The molecule has 5 heterocycles. The molecule has 3 saturated carbocycles. The molecule has 0 atom stereocenters. The number of anilines is 2. The van der Waals surface area contributed by atoms with Gasteiger partial charge in [0.1, 0.15) is 11.6 Å². The molecular formula is C49H82N10O7. The van der Waals surface area contributed by atoms with Crippen LogP contribution in [0.4, 0.5) is 11.6 Å². The van der Waals surface area contributed by atoms with Gasteiger partial charge in [0.25, 0.3) is 0 Å². The molecule has 0 aromatic carbocycles. The van der Waals surface area contributed by atoms with Crippen molar-refractivity contribution in [2.24, 2.45) is 0 Å². The van der Waals surface area contributed by atoms with Gasteiger partial charge in [-0.2, -0.15) is 0 Å². The lowest BCUT2D eigenvalue weighted by molar-refractivity contribution is -0.145. The molecule has 6 aliphatic rings. The Morgan fingerprint density at radius 1 is 0.591 bits per heavy atom. The maximum Gasteiger partial charge on any atom is 0.306 e. The van der Waals surface area contributed by atoms with Gasteiger partial charge in [0, 0.05) is 122 Å². The van der Waals surface area contributed by atoms with Crippen molar-refractivity contribution in [3.63, 3.8) is 0 Å². The first-order valence-corrected chi connectivity index (χ1v) is 25.0. The van der Waals surface area contributed by atoms with Gasteiger partial charge in [0.05, 0.1) is 35.3 Å². The van der Waals surface area contributed by atoms with Crippen molar-refractivity contribution in [2.75, 3.05) is 96.5 Å². The number of aromatic nitrogens is 2. The van der Waals surface area contributed by atoms with E-state index in [9.17, 15) is 24.9 Å². The first-order chi connectivity index (χ1) is 31.6. The summed E-state index contributed by atoms with van der Waals surface area (Å²) in [6.45, 7) is 16.7. The van der Waals surface area contributed by atoms with Gasteiger partial charge < -0.3 is 47.2 Å². The molecule has 0 radical (unpaired) electrons. The Balaban J connectivity index is 0.000000170. The summed E-state index contributed by atoms with van der Waals surface area (Å²) in [5.41, 5.74) is 11.2. The third-order valence-corrected chi connectivity index (χ3v) is 15.5. The Morgan fingerprint density at radius 3 is 1.41 bits per heavy atom. The zero-order valence-corrected chi connectivity index (χ0v) is 39.7. The summed E-state index contributed by atoms with van der Waals surface area (Å²) in [6, 6.07) is 13.2. The fourth-order valence-electron chi connectivity index (χ4n) is 11.2. The predicted octanol–water partition coefficient (Wildman–Crippen LogP) is 2.88. The lowest BCUT2D eigenvalue weighted by Gasteiger charge is -2.43. The molecule has 0 spiro atoms. The average molecular weight is 923 g/mol. The number of nitrogen functional groups attached to an aromatic ring is 2. The zero-order valence-electron chi connectivity index (χ0n) is 39.7. The maximum atomic E-state index is 10.9. The normalized spacial score (nSPS) is 30.9. The molecular weight excluding hydrogens is 841 g/mol. The van der Waals surface area contributed by atoms with E-state index in [0.29, 0.717) is 49.4 Å². The molecule has 6 fully saturated rings. The number of aliphatic carboxylic acids is 2. The minimum Gasteiger partial charge on any atom is -0.481 e. The molecule has 0 bridgehead atoms. The number of carbonyl (C=O) groups is 2. The number of pyridine rings is 2. The van der Waals surface area contributed by atoms with Crippen molar-refractivity contribution in [2.45, 2.75) is 151 Å². The van der Waals surface area contributed by atoms with E-state index in [4.69, 9.17) is 21.7 Å². The summed E-state index contributed by atoms with van der Waals surface area (Å²) < 4.78 is 0. The van der Waals surface area contributed by atoms with Crippen molar-refractivity contribution in [3.05, 3.63) is 47.8 Å². The summed E-state index contributed by atoms with van der Waals surface area (Å²) in [5, 5.41) is 52.2. The number of nitrogens with two attached hydrogens (primary N) is 2. The predicted molar refractivity (Wildman–Crippen MR) is 257 cm³/mol. The third kappa shape index (κ3) is 16.3. The van der Waals surface area contributed by atoms with E-state index in [1.54, 1.807) is 6.07 Å². The molecule has 66 heavy (non-hydrogen) atoms. The third-order valence-electron chi connectivity index (χ3n) is 15.5. The Kier molecular flexibility index (Phi) is 19.4. The van der Waals surface area contributed by atoms with Crippen molar-refractivity contribution in [1.82, 2.24) is 39.8 Å². The summed E-state index contributed by atoms with van der Waals surface area (Å²) >= 11 is 0. The number of carboxylic acid groups (broad SMARTS) is 2. The van der Waals surface area contributed by atoms with E-state index in [0.717, 1.165) is 147 Å². The largest absolute Gasteiger partial charge is 0.481 e. The number of piperazine rings is 3. The maximum absolute atomic E-state index is 10.9. The van der Waals surface area contributed by atoms with Gasteiger partial charge in [-0.1, -0.05) is 19.1 Å². The highest BCUT2D eigenvalue weighted by atomic mass is 16.4. The van der Waals surface area contributed by atoms with Gasteiger partial charge in [-0.05, 0) is 108 Å². The minimum absolute atomic E-state index is 0.133. The number of nitrogens with one attached hydrogen (secondary N) is 1. The fraction of sp³-hybridized carbons (Fsp3) is 0.755. The van der Waals surface area contributed by atoms with Crippen molar-refractivity contribution in [3.8, 4) is 0 Å². The highest BCUT2D eigenvalue weighted by molar-refractivity contribution is 5.68. The topological polar surface area (TPSA) is 241 Å². The molecule has 2 aromatic rings. The molecule has 370 valence electrons. The van der Waals surface area contributed by atoms with Crippen LogP contribution in [0.3, 0.4) is 0 Å². The Labute approximate surface area is 392 Å². The van der Waals surface area contributed by atoms with Crippen LogP contribution in [-0.2, 0) is 22.6 Å². The lowest BCUT2D eigenvalue weighted by atomic mass is 9.79. The van der Waals surface area contributed by atoms with Gasteiger partial charge in [-0.25, -0.2) is 9.97 Å². The summed E-state index contributed by atoms with van der Waals surface area (Å²) in [7, 11) is 0. The van der Waals surface area contributed by atoms with Crippen molar-refractivity contribution < 1.29 is 35.1 Å². The second kappa shape index (κ2) is 24.7. The molecule has 17 nitrogen and oxygen atoms in total. The van der Waals surface area contributed by atoms with E-state index >= 15 is 0 Å². The molecule has 0 amide bonds. The zero-order chi connectivity index (χ0) is 47.2. The number of rotatable bonds is 13. The van der Waals surface area contributed by atoms with Crippen LogP contribution in [0.15, 0.2) is 36.4 Å². The van der Waals surface area contributed by atoms with Gasteiger partial charge in [-0.3, -0.25) is 29.2 Å². The van der Waals surface area contributed by atoms with Crippen LogP contribution in [-0.4, -0.2) is 192 Å². The van der Waals surface area contributed by atoms with E-state index in [1.165, 1.54) is 25.9 Å². The van der Waals surface area contributed by atoms with Gasteiger partial charge in [0.15, 0.2) is 0 Å². The quantitative estimate of drug-likeness (QED) is 0.144. The Morgan fingerprint density at radius 2 is 0.985 bits per heavy atom. The lowest BCUT2D eigenvalue weighted by Crippen LogP contribution is -2.52. The minimum atomic E-state index is -1.01. The summed E-state index contributed by atoms with van der Waals surface area (Å²) in [6.07, 6.45) is 11.8. The van der Waals surface area contributed by atoms with Crippen LogP contribution < -0.4 is 16.8 Å². The van der Waals surface area contributed by atoms with Gasteiger partial charge >= 0.3 is 11.9 Å². The molecule has 8 rings (SSSR count). The van der Waals surface area contributed by atoms with Crippen LogP contribution in [0.25, 0.3) is 0 Å². The van der Waals surface area contributed by atoms with E-state index in [-0.39, 0.29) is 18.4 Å². The second-order valence-electron chi connectivity index (χ2n) is 20.2. The molecule has 17 heteroatoms. The average Bonchev–Trinajstić information content (AvgIpc) is 3.30. The molecule has 3 saturated heterocycles. The fourth-order valence-corrected chi connectivity index (χ4v) is 11.2. The van der Waals surface area contributed by atoms with Crippen molar-refractivity contribution in [1.29, 1.82) is 0 Å². The molecule has 3 aliphatic heterocycles. The molecule has 2 aromatic heterocycles. The van der Waals surface area contributed by atoms with E-state index in [1.807, 2.05) is 30.3 Å². The SMILES string of the molecule is CCC1(O)CCC(N2CCNCC2)CC1.Nc1cccc(CCN2CCN(C3CCC(O)(CC(=O)O)CC3)CC2)n1.Nc1cccc(CN2CCN(C3CCC(O)(CC(=O)O)CC3)CC2)n1. The monoisotopic (exact) mass is 923 g/mol. The standard InChI is InChI=1S/C19H30N4O3.C18H28N4O3.C12H24N2O/c20-17-3-1-2-15(21-17)6-9-22-10-12-23(13-11-22)16-4-7-19(26,8-5-16)14-18(24)25;19-16-3-1-2-14(20-16)13-21-8-10-22(11-9-21)15-4-6-18(25,7-5-15)12-17(23)24;1-2-12(15)5-3-11(4-6-12)14-9-7-13-8-10-14/h1-3,16,26H,4-14H2,(H2,20,21)(H,24,25);1-3,15,25H,4-13H2,(H2,19,20)(H,23,24);11,13,15H,2-10H2,1H3. The smallest absolute Gasteiger partial charge is 0.306 e. The Bertz CT molecular complexity index is 1780. The van der Waals surface area contributed by atoms with Crippen LogP contribution in [0.1, 0.15) is 115 Å². The summed E-state index contributed by atoms with van der Waals surface area (Å²) in [5.74, 6) is -0.682. The van der Waals surface area contributed by atoms with Crippen LogP contribution >= 0.6 is 0 Å². The number of nitrogens with zero attached hydrogens (tertiary/aromatic N) is 7. The number of hydrogen-bond acceptors (Lipinski definition) is 15. The van der Waals surface area contributed by atoms with Gasteiger partial charge in [0.2, 0.25) is 0 Å². The Hall–Kier alpha value is -3.52. The molecule has 3 aliphatic carbocycles. The number of hydrogen-bond donors (Lipinski definition) is 8. The summed E-state index contributed by atoms with van der Waals surface area (Å²) in [4.78, 5) is 42.9. The first kappa shape index (κ1) is 51.9. The molecule has 10 N–H and O–H groups in total. The highest BCUT2D eigenvalue weighted by Gasteiger charge is 2.39. The van der Waals surface area contributed by atoms with Crippen LogP contribution in [0, 0.1) is 0 Å². The number of carboxylic acids is 2. The van der Waals surface area contributed by atoms with Crippen LogP contribution in [0.2, 0.25) is 0 Å². The van der Waals surface area contributed by atoms with Crippen LogP contribution in [0.5, 0.6) is 0 Å². The highest BCUT2D eigenvalue weighted by Crippen LogP contribution is 2.36. The van der Waals surface area contributed by atoms with E-state index < -0.39 is 23.1 Å². The van der Waals surface area contributed by atoms with Gasteiger partial charge in [-0.15, -0.1) is 0 Å².